The van der Waals surface area contributed by atoms with Crippen LogP contribution in [0.4, 0.5) is 15.3 Å². The summed E-state index contributed by atoms with van der Waals surface area (Å²) in [5, 5.41) is 6.69. The molecule has 0 N–H and O–H groups in total. The molecule has 1 aliphatic rings. The highest BCUT2D eigenvalue weighted by Gasteiger charge is 2.28. The van der Waals surface area contributed by atoms with Gasteiger partial charge in [-0.2, -0.15) is 0 Å². The van der Waals surface area contributed by atoms with Gasteiger partial charge in [0, 0.05) is 5.02 Å². The number of azo groups is 1. The molecule has 1 aromatic carbocycles. The van der Waals surface area contributed by atoms with Gasteiger partial charge >= 0.3 is 12.1 Å². The molecule has 6 heteroatoms. The van der Waals surface area contributed by atoms with Gasteiger partial charge in [0.05, 0.1) is 5.69 Å². The molecule has 5 nitrogen and oxygen atoms in total. The molecule has 1 aliphatic heterocycles. The average molecular weight is 210 g/mol. The van der Waals surface area contributed by atoms with Crippen molar-refractivity contribution in [3.05, 3.63) is 29.3 Å². The largest absolute Gasteiger partial charge is 0.375 e. The second kappa shape index (κ2) is 3.19. The van der Waals surface area contributed by atoms with Gasteiger partial charge in [0.25, 0.3) is 0 Å². The van der Waals surface area contributed by atoms with Crippen molar-refractivity contribution < 1.29 is 9.59 Å². The van der Waals surface area contributed by atoms with Gasteiger partial charge in [-0.25, -0.2) is 14.5 Å². The molecule has 0 aromatic heterocycles. The first-order valence-electron chi connectivity index (χ1n) is 3.74. The van der Waals surface area contributed by atoms with Crippen molar-refractivity contribution >= 4 is 29.4 Å². The quantitative estimate of drug-likeness (QED) is 0.714. The fraction of sp³-hybridized carbons (Fsp3) is 0. The number of hydrogen-bond donors (Lipinski definition) is 0. The van der Waals surface area contributed by atoms with Crippen LogP contribution in [0.1, 0.15) is 0 Å². The Morgan fingerprint density at radius 2 is 1.79 bits per heavy atom. The summed E-state index contributed by atoms with van der Waals surface area (Å²) < 4.78 is 0. The number of amides is 4. The standard InChI is InChI=1S/C8H4ClN3O2/c9-5-2-1-3-6(4-5)12-7(13)10-11-8(12)14/h1-4H. The number of nitrogens with zero attached hydrogens (tertiary/aromatic N) is 3. The number of rotatable bonds is 1. The Kier molecular flexibility index (Phi) is 2.01. The van der Waals surface area contributed by atoms with Crippen molar-refractivity contribution in [1.29, 1.82) is 0 Å². The molecule has 0 radical (unpaired) electrons. The van der Waals surface area contributed by atoms with Gasteiger partial charge in [0.2, 0.25) is 0 Å². The Hall–Kier alpha value is -1.75. The minimum atomic E-state index is -0.697. The summed E-state index contributed by atoms with van der Waals surface area (Å²) >= 11 is 5.71. The van der Waals surface area contributed by atoms with Crippen molar-refractivity contribution in [1.82, 2.24) is 0 Å². The third kappa shape index (κ3) is 1.38. The summed E-state index contributed by atoms with van der Waals surface area (Å²) in [7, 11) is 0. The Morgan fingerprint density at radius 3 is 2.36 bits per heavy atom. The van der Waals surface area contributed by atoms with E-state index in [0.29, 0.717) is 10.7 Å². The Balaban J connectivity index is 2.41. The predicted molar refractivity (Wildman–Crippen MR) is 49.6 cm³/mol. The smallest absolute Gasteiger partial charge is 0.243 e. The number of halogens is 1. The van der Waals surface area contributed by atoms with Crippen LogP contribution in [0.2, 0.25) is 5.02 Å². The first kappa shape index (κ1) is 8.83. The molecule has 0 bridgehead atoms. The van der Waals surface area contributed by atoms with E-state index >= 15 is 0 Å². The van der Waals surface area contributed by atoms with Gasteiger partial charge in [-0.05, 0) is 18.2 Å². The fourth-order valence-corrected chi connectivity index (χ4v) is 1.28. The van der Waals surface area contributed by atoms with Crippen molar-refractivity contribution in [3.63, 3.8) is 0 Å². The molecule has 1 heterocycles. The summed E-state index contributed by atoms with van der Waals surface area (Å²) in [6.45, 7) is 0. The van der Waals surface area contributed by atoms with Gasteiger partial charge in [-0.1, -0.05) is 27.9 Å². The Bertz CT molecular complexity index is 426. The molecule has 2 rings (SSSR count). The monoisotopic (exact) mass is 209 g/mol. The summed E-state index contributed by atoms with van der Waals surface area (Å²) in [5.41, 5.74) is 0.373. The molecule has 14 heavy (non-hydrogen) atoms. The first-order valence-corrected chi connectivity index (χ1v) is 4.11. The van der Waals surface area contributed by atoms with Crippen LogP contribution in [0.25, 0.3) is 0 Å². The van der Waals surface area contributed by atoms with E-state index in [1.807, 2.05) is 0 Å². The van der Waals surface area contributed by atoms with Crippen LogP contribution in [0.3, 0.4) is 0 Å². The molecular weight excluding hydrogens is 206 g/mol. The van der Waals surface area contributed by atoms with Crippen LogP contribution in [0.15, 0.2) is 34.5 Å². The van der Waals surface area contributed by atoms with E-state index in [9.17, 15) is 9.59 Å². The van der Waals surface area contributed by atoms with Gasteiger partial charge in [-0.15, -0.1) is 0 Å². The Labute approximate surface area is 84.0 Å². The molecule has 4 amide bonds. The molecule has 1 aromatic rings. The summed E-state index contributed by atoms with van der Waals surface area (Å²) in [4.78, 5) is 23.0. The maximum atomic E-state index is 11.1. The predicted octanol–water partition coefficient (Wildman–Crippen LogP) is 2.85. The van der Waals surface area contributed by atoms with E-state index in [1.54, 1.807) is 18.2 Å². The van der Waals surface area contributed by atoms with Crippen molar-refractivity contribution in [2.75, 3.05) is 4.90 Å². The lowest BCUT2D eigenvalue weighted by Crippen LogP contribution is -2.27. The first-order chi connectivity index (χ1) is 6.68. The topological polar surface area (TPSA) is 62.1 Å². The fourth-order valence-electron chi connectivity index (χ4n) is 1.09. The highest BCUT2D eigenvalue weighted by atomic mass is 35.5. The third-order valence-corrected chi connectivity index (χ3v) is 1.91. The molecular formula is C8H4ClN3O2. The second-order valence-corrected chi connectivity index (χ2v) is 3.02. The lowest BCUT2D eigenvalue weighted by atomic mass is 10.3. The number of imide groups is 1. The number of carbonyl (C=O) groups is 2. The van der Waals surface area contributed by atoms with Crippen LogP contribution in [0, 0.1) is 0 Å². The molecule has 0 saturated carbocycles. The highest BCUT2D eigenvalue weighted by molar-refractivity contribution is 6.31. The SMILES string of the molecule is O=C1N=NC(=O)N1c1cccc(Cl)c1. The normalized spacial score (nSPS) is 15.4. The third-order valence-electron chi connectivity index (χ3n) is 1.67. The molecule has 0 unspecified atom stereocenters. The number of anilines is 1. The molecule has 0 atom stereocenters. The molecule has 0 aliphatic carbocycles. The molecule has 70 valence electrons. The van der Waals surface area contributed by atoms with Crippen molar-refractivity contribution in [2.24, 2.45) is 10.2 Å². The van der Waals surface area contributed by atoms with Crippen molar-refractivity contribution in [3.8, 4) is 0 Å². The summed E-state index contributed by atoms with van der Waals surface area (Å²) in [6.07, 6.45) is 0. The van der Waals surface area contributed by atoms with Crippen LogP contribution >= 0.6 is 11.6 Å². The molecule has 0 spiro atoms. The van der Waals surface area contributed by atoms with E-state index in [2.05, 4.69) is 10.2 Å². The minimum absolute atomic E-state index is 0.373. The average Bonchev–Trinajstić information content (AvgIpc) is 2.46. The van der Waals surface area contributed by atoms with E-state index in [1.165, 1.54) is 6.07 Å². The number of carbonyl (C=O) groups excluding carboxylic acids is 2. The van der Waals surface area contributed by atoms with Gasteiger partial charge in [0.1, 0.15) is 0 Å². The van der Waals surface area contributed by atoms with E-state index < -0.39 is 12.1 Å². The maximum Gasteiger partial charge on any atom is 0.375 e. The number of benzene rings is 1. The molecule has 0 saturated heterocycles. The van der Waals surface area contributed by atoms with E-state index in [0.717, 1.165) is 4.90 Å². The van der Waals surface area contributed by atoms with Crippen LogP contribution in [0.5, 0.6) is 0 Å². The van der Waals surface area contributed by atoms with Crippen LogP contribution in [-0.4, -0.2) is 12.1 Å². The Morgan fingerprint density at radius 1 is 1.14 bits per heavy atom. The zero-order chi connectivity index (χ0) is 10.1. The van der Waals surface area contributed by atoms with E-state index in [4.69, 9.17) is 11.6 Å². The van der Waals surface area contributed by atoms with Gasteiger partial charge in [0.15, 0.2) is 0 Å². The highest BCUT2D eigenvalue weighted by Crippen LogP contribution is 2.23. The van der Waals surface area contributed by atoms with Gasteiger partial charge in [-0.3, -0.25) is 0 Å². The number of urea groups is 2. The van der Waals surface area contributed by atoms with Crippen molar-refractivity contribution in [2.45, 2.75) is 0 Å². The van der Waals surface area contributed by atoms with Crippen LogP contribution in [-0.2, 0) is 0 Å². The molecule has 0 fully saturated rings. The van der Waals surface area contributed by atoms with Gasteiger partial charge < -0.3 is 0 Å². The zero-order valence-electron chi connectivity index (χ0n) is 6.85. The maximum absolute atomic E-state index is 11.1. The summed E-state index contributed by atoms with van der Waals surface area (Å²) in [6, 6.07) is 4.96. The lowest BCUT2D eigenvalue weighted by molar-refractivity contribution is 0.249. The number of hydrogen-bond acceptors (Lipinski definition) is 2. The second-order valence-electron chi connectivity index (χ2n) is 2.58. The zero-order valence-corrected chi connectivity index (χ0v) is 7.60. The lowest BCUT2D eigenvalue weighted by Gasteiger charge is -2.09. The van der Waals surface area contributed by atoms with E-state index in [-0.39, 0.29) is 0 Å². The summed E-state index contributed by atoms with van der Waals surface area (Å²) in [5.74, 6) is 0. The van der Waals surface area contributed by atoms with Crippen LogP contribution < -0.4 is 4.90 Å². The minimum Gasteiger partial charge on any atom is -0.243 e.